The van der Waals surface area contributed by atoms with Gasteiger partial charge in [0.25, 0.3) is 10.0 Å². The van der Waals surface area contributed by atoms with Crippen molar-refractivity contribution in [2.24, 2.45) is 0 Å². The lowest BCUT2D eigenvalue weighted by Crippen LogP contribution is -2.38. The van der Waals surface area contributed by atoms with Gasteiger partial charge in [0.2, 0.25) is 11.8 Å². The minimum absolute atomic E-state index is 0.0536. The Hall–Kier alpha value is -3.65. The maximum absolute atomic E-state index is 13.4. The van der Waals surface area contributed by atoms with Crippen molar-refractivity contribution in [2.75, 3.05) is 27.6 Å². The molecule has 8 heteroatoms. The molecular formula is C25H25N3O4S. The first-order valence-corrected chi connectivity index (χ1v) is 12.1. The largest absolute Gasteiger partial charge is 0.324 e. The first-order chi connectivity index (χ1) is 15.8. The molecule has 0 atom stereocenters. The summed E-state index contributed by atoms with van der Waals surface area (Å²) in [5.74, 6) is -0.433. The second-order valence-corrected chi connectivity index (χ2v) is 9.77. The molecule has 0 aliphatic carbocycles. The number of carbonyl (C=O) groups excluding carboxylic acids is 2. The predicted molar refractivity (Wildman–Crippen MR) is 129 cm³/mol. The van der Waals surface area contributed by atoms with Crippen molar-refractivity contribution in [2.45, 2.75) is 24.7 Å². The normalized spacial score (nSPS) is 13.7. The van der Waals surface area contributed by atoms with Gasteiger partial charge < -0.3 is 10.2 Å². The van der Waals surface area contributed by atoms with Crippen molar-refractivity contribution < 1.29 is 18.0 Å². The number of nitrogens with zero attached hydrogens (tertiary/aromatic N) is 2. The molecule has 0 spiro atoms. The van der Waals surface area contributed by atoms with E-state index in [2.05, 4.69) is 5.32 Å². The summed E-state index contributed by atoms with van der Waals surface area (Å²) >= 11 is 0. The van der Waals surface area contributed by atoms with Crippen LogP contribution in [-0.4, -0.2) is 33.3 Å². The Morgan fingerprint density at radius 1 is 1.00 bits per heavy atom. The van der Waals surface area contributed by atoms with Gasteiger partial charge in [-0.1, -0.05) is 42.0 Å². The van der Waals surface area contributed by atoms with Crippen LogP contribution in [0.4, 0.5) is 17.1 Å². The Kier molecular flexibility index (Phi) is 6.46. The van der Waals surface area contributed by atoms with E-state index in [4.69, 9.17) is 0 Å². The van der Waals surface area contributed by atoms with Crippen LogP contribution in [0.2, 0.25) is 0 Å². The van der Waals surface area contributed by atoms with Crippen molar-refractivity contribution in [1.29, 1.82) is 0 Å². The molecule has 33 heavy (non-hydrogen) atoms. The number of sulfonamides is 1. The molecule has 2 amide bonds. The highest BCUT2D eigenvalue weighted by Gasteiger charge is 2.27. The van der Waals surface area contributed by atoms with Crippen LogP contribution in [0.25, 0.3) is 0 Å². The quantitative estimate of drug-likeness (QED) is 0.575. The van der Waals surface area contributed by atoms with Gasteiger partial charge in [-0.15, -0.1) is 0 Å². The second kappa shape index (κ2) is 9.46. The number of amides is 2. The zero-order valence-corrected chi connectivity index (χ0v) is 19.1. The standard InChI is InChI=1S/C25H25N3O4S/c1-19-12-14-23(15-13-19)33(31,32)28(21-8-3-2-4-9-21)18-24(29)26-20-7-5-10-22(17-20)27-16-6-11-25(27)30/h2-5,7-10,12-15,17H,6,11,16,18H2,1H3,(H,26,29). The fraction of sp³-hybridized carbons (Fsp3) is 0.200. The highest BCUT2D eigenvalue weighted by atomic mass is 32.2. The van der Waals surface area contributed by atoms with E-state index in [9.17, 15) is 18.0 Å². The van der Waals surface area contributed by atoms with E-state index in [1.54, 1.807) is 65.6 Å². The first-order valence-electron chi connectivity index (χ1n) is 10.7. The summed E-state index contributed by atoms with van der Waals surface area (Å²) in [6.07, 6.45) is 1.32. The number of hydrogen-bond donors (Lipinski definition) is 1. The molecule has 1 fully saturated rings. The van der Waals surface area contributed by atoms with E-state index in [1.165, 1.54) is 12.1 Å². The monoisotopic (exact) mass is 463 g/mol. The van der Waals surface area contributed by atoms with Crippen molar-refractivity contribution in [3.8, 4) is 0 Å². The molecule has 7 nitrogen and oxygen atoms in total. The Bertz CT molecular complexity index is 1260. The van der Waals surface area contributed by atoms with Gasteiger partial charge in [0.05, 0.1) is 10.6 Å². The molecule has 1 aliphatic heterocycles. The average molecular weight is 464 g/mol. The lowest BCUT2D eigenvalue weighted by atomic mass is 10.2. The first kappa shape index (κ1) is 22.5. The summed E-state index contributed by atoms with van der Waals surface area (Å²) in [4.78, 5) is 26.8. The van der Waals surface area contributed by atoms with E-state index in [0.29, 0.717) is 30.0 Å². The van der Waals surface area contributed by atoms with Gasteiger partial charge in [-0.25, -0.2) is 8.42 Å². The van der Waals surface area contributed by atoms with Crippen LogP contribution >= 0.6 is 0 Å². The Balaban J connectivity index is 1.58. The minimum Gasteiger partial charge on any atom is -0.324 e. The van der Waals surface area contributed by atoms with Crippen LogP contribution in [0.15, 0.2) is 83.8 Å². The zero-order chi connectivity index (χ0) is 23.4. The molecule has 0 bridgehead atoms. The molecule has 1 heterocycles. The van der Waals surface area contributed by atoms with Crippen molar-refractivity contribution in [3.63, 3.8) is 0 Å². The summed E-state index contributed by atoms with van der Waals surface area (Å²) in [7, 11) is -3.97. The van der Waals surface area contributed by atoms with Gasteiger partial charge in [0, 0.05) is 24.3 Å². The molecule has 0 radical (unpaired) electrons. The molecule has 170 valence electrons. The second-order valence-electron chi connectivity index (χ2n) is 7.91. The van der Waals surface area contributed by atoms with E-state index in [-0.39, 0.29) is 10.8 Å². The van der Waals surface area contributed by atoms with Gasteiger partial charge in [-0.05, 0) is 55.8 Å². The molecule has 3 aromatic rings. The lowest BCUT2D eigenvalue weighted by molar-refractivity contribution is -0.117. The third-order valence-electron chi connectivity index (χ3n) is 5.46. The molecule has 0 aromatic heterocycles. The highest BCUT2D eigenvalue weighted by molar-refractivity contribution is 7.92. The number of aryl methyl sites for hydroxylation is 1. The van der Waals surface area contributed by atoms with Crippen LogP contribution in [0.5, 0.6) is 0 Å². The van der Waals surface area contributed by atoms with Gasteiger partial charge in [-0.2, -0.15) is 0 Å². The van der Waals surface area contributed by atoms with Crippen LogP contribution in [-0.2, 0) is 19.6 Å². The Morgan fingerprint density at radius 2 is 1.73 bits per heavy atom. The van der Waals surface area contributed by atoms with Crippen LogP contribution < -0.4 is 14.5 Å². The maximum Gasteiger partial charge on any atom is 0.264 e. The van der Waals surface area contributed by atoms with E-state index in [1.807, 2.05) is 13.0 Å². The predicted octanol–water partition coefficient (Wildman–Crippen LogP) is 3.96. The summed E-state index contributed by atoms with van der Waals surface area (Å²) in [6.45, 7) is 2.13. The van der Waals surface area contributed by atoms with Crippen LogP contribution in [0.3, 0.4) is 0 Å². The summed E-state index contributed by atoms with van der Waals surface area (Å²) in [5, 5.41) is 2.77. The van der Waals surface area contributed by atoms with Gasteiger partial charge >= 0.3 is 0 Å². The van der Waals surface area contributed by atoms with Crippen LogP contribution in [0, 0.1) is 6.92 Å². The Morgan fingerprint density at radius 3 is 2.39 bits per heavy atom. The highest BCUT2D eigenvalue weighted by Crippen LogP contribution is 2.26. The molecule has 1 aliphatic rings. The smallest absolute Gasteiger partial charge is 0.264 e. The minimum atomic E-state index is -3.97. The number of benzene rings is 3. The van der Waals surface area contributed by atoms with E-state index in [0.717, 1.165) is 16.3 Å². The number of para-hydroxylation sites is 1. The maximum atomic E-state index is 13.4. The SMILES string of the molecule is Cc1ccc(S(=O)(=O)N(CC(=O)Nc2cccc(N3CCCC3=O)c2)c2ccccc2)cc1. The summed E-state index contributed by atoms with van der Waals surface area (Å²) in [5.41, 5.74) is 2.54. The fourth-order valence-corrected chi connectivity index (χ4v) is 5.17. The van der Waals surface area contributed by atoms with Gasteiger partial charge in [0.1, 0.15) is 6.54 Å². The summed E-state index contributed by atoms with van der Waals surface area (Å²) < 4.78 is 27.9. The molecule has 1 N–H and O–H groups in total. The topological polar surface area (TPSA) is 86.8 Å². The van der Waals surface area contributed by atoms with Crippen molar-refractivity contribution in [3.05, 3.63) is 84.4 Å². The number of rotatable bonds is 7. The van der Waals surface area contributed by atoms with Crippen LogP contribution in [0.1, 0.15) is 18.4 Å². The molecule has 4 rings (SSSR count). The van der Waals surface area contributed by atoms with Crippen molar-refractivity contribution >= 4 is 38.9 Å². The number of carbonyl (C=O) groups is 2. The third-order valence-corrected chi connectivity index (χ3v) is 7.24. The molecular weight excluding hydrogens is 438 g/mol. The van der Waals surface area contributed by atoms with Gasteiger partial charge in [-0.3, -0.25) is 13.9 Å². The van der Waals surface area contributed by atoms with Crippen molar-refractivity contribution in [1.82, 2.24) is 0 Å². The molecule has 1 saturated heterocycles. The lowest BCUT2D eigenvalue weighted by Gasteiger charge is -2.24. The van der Waals surface area contributed by atoms with E-state index < -0.39 is 22.5 Å². The number of hydrogen-bond acceptors (Lipinski definition) is 4. The zero-order valence-electron chi connectivity index (χ0n) is 18.3. The molecule has 3 aromatic carbocycles. The fourth-order valence-electron chi connectivity index (χ4n) is 3.75. The third kappa shape index (κ3) is 5.06. The van der Waals surface area contributed by atoms with Gasteiger partial charge in [0.15, 0.2) is 0 Å². The number of nitrogens with one attached hydrogen (secondary N) is 1. The number of anilines is 3. The summed E-state index contributed by atoms with van der Waals surface area (Å²) in [6, 6.07) is 22.1. The molecule has 0 unspecified atom stereocenters. The molecule has 0 saturated carbocycles. The Labute approximate surface area is 193 Å². The van der Waals surface area contributed by atoms with E-state index >= 15 is 0 Å². The average Bonchev–Trinajstić information content (AvgIpc) is 3.24.